The standard InChI is InChI=1S/C8H15O3/c1-10-5-3-8(7-9)4-6-11-2/h8H,3-6H2,1-2H3. The van der Waals surface area contributed by atoms with E-state index in [1.807, 2.05) is 6.29 Å². The van der Waals surface area contributed by atoms with Crippen molar-refractivity contribution >= 4 is 6.29 Å². The number of hydrogen-bond acceptors (Lipinski definition) is 3. The maximum Gasteiger partial charge on any atom is 0.201 e. The molecule has 1 radical (unpaired) electrons. The summed E-state index contributed by atoms with van der Waals surface area (Å²) in [6.45, 7) is 1.23. The number of carbonyl (C=O) groups excluding carboxylic acids is 1. The van der Waals surface area contributed by atoms with Crippen molar-refractivity contribution < 1.29 is 14.3 Å². The Bertz CT molecular complexity index is 85.3. The monoisotopic (exact) mass is 159 g/mol. The smallest absolute Gasteiger partial charge is 0.201 e. The van der Waals surface area contributed by atoms with E-state index in [0.717, 1.165) is 12.8 Å². The quantitative estimate of drug-likeness (QED) is 0.550. The van der Waals surface area contributed by atoms with Crippen LogP contribution in [0, 0.1) is 5.92 Å². The predicted octanol–water partition coefficient (Wildman–Crippen LogP) is 0.785. The van der Waals surface area contributed by atoms with E-state index in [1.165, 1.54) is 0 Å². The fourth-order valence-corrected chi connectivity index (χ4v) is 0.782. The van der Waals surface area contributed by atoms with Gasteiger partial charge in [0, 0.05) is 33.4 Å². The molecule has 0 aromatic carbocycles. The third-order valence-electron chi connectivity index (χ3n) is 1.51. The summed E-state index contributed by atoms with van der Waals surface area (Å²) in [7, 11) is 3.25. The molecule has 0 bridgehead atoms. The third kappa shape index (κ3) is 6.01. The van der Waals surface area contributed by atoms with Gasteiger partial charge >= 0.3 is 0 Å². The van der Waals surface area contributed by atoms with Crippen molar-refractivity contribution in [1.29, 1.82) is 0 Å². The van der Waals surface area contributed by atoms with Crippen molar-refractivity contribution in [2.75, 3.05) is 27.4 Å². The molecule has 0 amide bonds. The molecule has 0 aliphatic carbocycles. The zero-order valence-corrected chi connectivity index (χ0v) is 7.13. The Morgan fingerprint density at radius 2 is 1.64 bits per heavy atom. The van der Waals surface area contributed by atoms with Gasteiger partial charge in [0.15, 0.2) is 0 Å². The molecular formula is C8H15O3. The minimum atomic E-state index is -0.0325. The topological polar surface area (TPSA) is 35.5 Å². The average molecular weight is 159 g/mol. The molecule has 0 saturated carbocycles. The molecular weight excluding hydrogens is 144 g/mol. The summed E-state index contributed by atoms with van der Waals surface area (Å²) in [5.41, 5.74) is 0. The first kappa shape index (κ1) is 10.6. The second-order valence-electron chi connectivity index (χ2n) is 2.38. The van der Waals surface area contributed by atoms with E-state index in [1.54, 1.807) is 14.2 Å². The van der Waals surface area contributed by atoms with Crippen molar-refractivity contribution in [2.45, 2.75) is 12.8 Å². The Balaban J connectivity index is 3.33. The van der Waals surface area contributed by atoms with Gasteiger partial charge < -0.3 is 9.47 Å². The predicted molar refractivity (Wildman–Crippen MR) is 42.2 cm³/mol. The Hall–Kier alpha value is -0.410. The van der Waals surface area contributed by atoms with E-state index in [-0.39, 0.29) is 5.92 Å². The van der Waals surface area contributed by atoms with Crippen molar-refractivity contribution in [3.63, 3.8) is 0 Å². The van der Waals surface area contributed by atoms with Crippen molar-refractivity contribution in [3.8, 4) is 0 Å². The van der Waals surface area contributed by atoms with Gasteiger partial charge in [0.2, 0.25) is 6.29 Å². The van der Waals surface area contributed by atoms with E-state index in [0.29, 0.717) is 13.2 Å². The van der Waals surface area contributed by atoms with Crippen LogP contribution < -0.4 is 0 Å². The number of methoxy groups -OCH3 is 2. The summed E-state index contributed by atoms with van der Waals surface area (Å²) in [5.74, 6) is -0.0325. The van der Waals surface area contributed by atoms with Gasteiger partial charge in [-0.3, -0.25) is 4.79 Å². The van der Waals surface area contributed by atoms with Crippen LogP contribution in [0.5, 0.6) is 0 Å². The molecule has 0 rings (SSSR count). The lowest BCUT2D eigenvalue weighted by molar-refractivity contribution is 0.160. The van der Waals surface area contributed by atoms with E-state index < -0.39 is 0 Å². The molecule has 0 aromatic rings. The molecule has 0 aromatic heterocycles. The molecule has 0 atom stereocenters. The lowest BCUT2D eigenvalue weighted by Crippen LogP contribution is -2.08. The lowest BCUT2D eigenvalue weighted by atomic mass is 10.1. The Morgan fingerprint density at radius 3 is 1.91 bits per heavy atom. The molecule has 0 fully saturated rings. The van der Waals surface area contributed by atoms with Crippen LogP contribution in [0.15, 0.2) is 0 Å². The zero-order chi connectivity index (χ0) is 8.53. The minimum absolute atomic E-state index is 0.0325. The van der Waals surface area contributed by atoms with E-state index in [4.69, 9.17) is 9.47 Å². The van der Waals surface area contributed by atoms with E-state index >= 15 is 0 Å². The molecule has 0 heterocycles. The molecule has 0 aliphatic heterocycles. The molecule has 0 saturated heterocycles. The summed E-state index contributed by atoms with van der Waals surface area (Å²) in [5, 5.41) is 0. The SMILES string of the molecule is COCCC([C]=O)CCOC. The summed E-state index contributed by atoms with van der Waals surface area (Å²) in [6.07, 6.45) is 3.44. The first-order valence-electron chi connectivity index (χ1n) is 3.70. The van der Waals surface area contributed by atoms with Gasteiger partial charge in [0.25, 0.3) is 0 Å². The van der Waals surface area contributed by atoms with Gasteiger partial charge in [0.1, 0.15) is 0 Å². The number of rotatable bonds is 7. The molecule has 0 spiro atoms. The summed E-state index contributed by atoms with van der Waals surface area (Å²) < 4.78 is 9.67. The molecule has 11 heavy (non-hydrogen) atoms. The van der Waals surface area contributed by atoms with E-state index in [2.05, 4.69) is 0 Å². The highest BCUT2D eigenvalue weighted by atomic mass is 16.5. The maximum absolute atomic E-state index is 10.3. The molecule has 0 aliphatic rings. The van der Waals surface area contributed by atoms with Crippen molar-refractivity contribution in [1.82, 2.24) is 0 Å². The van der Waals surface area contributed by atoms with Gasteiger partial charge in [-0.1, -0.05) is 0 Å². The van der Waals surface area contributed by atoms with Gasteiger partial charge in [-0.05, 0) is 12.8 Å². The number of hydrogen-bond donors (Lipinski definition) is 0. The Morgan fingerprint density at radius 1 is 1.18 bits per heavy atom. The summed E-state index contributed by atoms with van der Waals surface area (Å²) in [4.78, 5) is 10.3. The maximum atomic E-state index is 10.3. The van der Waals surface area contributed by atoms with Crippen LogP contribution in [0.4, 0.5) is 0 Å². The minimum Gasteiger partial charge on any atom is -0.385 e. The van der Waals surface area contributed by atoms with Crippen LogP contribution in [-0.4, -0.2) is 33.7 Å². The van der Waals surface area contributed by atoms with Crippen LogP contribution in [-0.2, 0) is 14.3 Å². The molecule has 0 N–H and O–H groups in total. The fraction of sp³-hybridized carbons (Fsp3) is 0.875. The Kier molecular flexibility index (Phi) is 7.41. The van der Waals surface area contributed by atoms with Gasteiger partial charge in [-0.2, -0.15) is 0 Å². The summed E-state index contributed by atoms with van der Waals surface area (Å²) >= 11 is 0. The Labute approximate surface area is 67.7 Å². The molecule has 0 unspecified atom stereocenters. The average Bonchev–Trinajstić information content (AvgIpc) is 2.05. The highest BCUT2D eigenvalue weighted by molar-refractivity contribution is 5.54. The van der Waals surface area contributed by atoms with Crippen LogP contribution in [0.2, 0.25) is 0 Å². The second-order valence-corrected chi connectivity index (χ2v) is 2.38. The normalized spacial score (nSPS) is 10.5. The van der Waals surface area contributed by atoms with Crippen LogP contribution in [0.1, 0.15) is 12.8 Å². The van der Waals surface area contributed by atoms with Crippen LogP contribution >= 0.6 is 0 Å². The largest absolute Gasteiger partial charge is 0.385 e. The van der Waals surface area contributed by atoms with Gasteiger partial charge in [-0.25, -0.2) is 0 Å². The first-order chi connectivity index (χ1) is 5.35. The number of ether oxygens (including phenoxy) is 2. The molecule has 3 nitrogen and oxygen atoms in total. The first-order valence-corrected chi connectivity index (χ1v) is 3.70. The van der Waals surface area contributed by atoms with Crippen LogP contribution in [0.3, 0.4) is 0 Å². The molecule has 65 valence electrons. The van der Waals surface area contributed by atoms with Gasteiger partial charge in [-0.15, -0.1) is 0 Å². The van der Waals surface area contributed by atoms with E-state index in [9.17, 15) is 4.79 Å². The van der Waals surface area contributed by atoms with Gasteiger partial charge in [0.05, 0.1) is 0 Å². The third-order valence-corrected chi connectivity index (χ3v) is 1.51. The van der Waals surface area contributed by atoms with Crippen LogP contribution in [0.25, 0.3) is 0 Å². The second kappa shape index (κ2) is 7.69. The van der Waals surface area contributed by atoms with Crippen molar-refractivity contribution in [3.05, 3.63) is 0 Å². The summed E-state index contributed by atoms with van der Waals surface area (Å²) in [6, 6.07) is 0. The zero-order valence-electron chi connectivity index (χ0n) is 7.13. The molecule has 3 heteroatoms. The highest BCUT2D eigenvalue weighted by Gasteiger charge is 2.06. The highest BCUT2D eigenvalue weighted by Crippen LogP contribution is 2.04. The lowest BCUT2D eigenvalue weighted by Gasteiger charge is -2.06. The fourth-order valence-electron chi connectivity index (χ4n) is 0.782. The van der Waals surface area contributed by atoms with Crippen molar-refractivity contribution in [2.24, 2.45) is 5.92 Å².